The van der Waals surface area contributed by atoms with Crippen LogP contribution in [-0.4, -0.2) is 26.2 Å². The molecule has 7 heteroatoms. The quantitative estimate of drug-likeness (QED) is 0.572. The Hall–Kier alpha value is -2.85. The molecular formula is C15H11N5OS. The zero-order valence-corrected chi connectivity index (χ0v) is 12.4. The predicted molar refractivity (Wildman–Crippen MR) is 84.4 cm³/mol. The van der Waals surface area contributed by atoms with Crippen LogP contribution in [0.25, 0.3) is 22.6 Å². The van der Waals surface area contributed by atoms with Crippen LogP contribution in [0.2, 0.25) is 0 Å². The first-order valence-corrected chi connectivity index (χ1v) is 7.64. The lowest BCUT2D eigenvalue weighted by atomic mass is 10.0. The van der Waals surface area contributed by atoms with Crippen molar-refractivity contribution in [2.45, 2.75) is 5.16 Å². The highest BCUT2D eigenvalue weighted by molar-refractivity contribution is 7.98. The Kier molecular flexibility index (Phi) is 3.76. The maximum absolute atomic E-state index is 12.1. The van der Waals surface area contributed by atoms with Crippen LogP contribution in [0.5, 0.6) is 0 Å². The monoisotopic (exact) mass is 309 g/mol. The summed E-state index contributed by atoms with van der Waals surface area (Å²) in [5.74, 6) is 0.660. The Balaban J connectivity index is 2.32. The summed E-state index contributed by atoms with van der Waals surface area (Å²) in [7, 11) is 0. The number of nitrogens with zero attached hydrogens (tertiary/aromatic N) is 3. The van der Waals surface area contributed by atoms with Gasteiger partial charge in [-0.05, 0) is 6.26 Å². The van der Waals surface area contributed by atoms with Gasteiger partial charge < -0.3 is 9.97 Å². The maximum Gasteiger partial charge on any atom is 0.270 e. The molecular weight excluding hydrogens is 298 g/mol. The number of imidazole rings is 1. The Labute approximate surface area is 130 Å². The average Bonchev–Trinajstić information content (AvgIpc) is 3.08. The first kappa shape index (κ1) is 14.1. The largest absolute Gasteiger partial charge is 0.345 e. The van der Waals surface area contributed by atoms with E-state index in [0.29, 0.717) is 22.2 Å². The van der Waals surface area contributed by atoms with Crippen molar-refractivity contribution in [3.8, 4) is 28.7 Å². The number of benzene rings is 1. The van der Waals surface area contributed by atoms with Crippen molar-refractivity contribution in [3.05, 3.63) is 52.6 Å². The van der Waals surface area contributed by atoms with Gasteiger partial charge in [0.1, 0.15) is 17.5 Å². The van der Waals surface area contributed by atoms with Crippen LogP contribution in [0.4, 0.5) is 0 Å². The predicted octanol–water partition coefficient (Wildman–Crippen LogP) is 2.42. The fourth-order valence-electron chi connectivity index (χ4n) is 2.16. The molecule has 0 fully saturated rings. The van der Waals surface area contributed by atoms with Crippen molar-refractivity contribution in [2.75, 3.05) is 6.26 Å². The van der Waals surface area contributed by atoms with Gasteiger partial charge in [0.2, 0.25) is 0 Å². The summed E-state index contributed by atoms with van der Waals surface area (Å²) in [4.78, 5) is 26.3. The summed E-state index contributed by atoms with van der Waals surface area (Å²) in [5, 5.41) is 9.77. The molecule has 2 N–H and O–H groups in total. The number of aromatic nitrogens is 4. The average molecular weight is 309 g/mol. The van der Waals surface area contributed by atoms with E-state index in [0.717, 1.165) is 5.56 Å². The summed E-state index contributed by atoms with van der Waals surface area (Å²) < 4.78 is 0. The minimum Gasteiger partial charge on any atom is -0.345 e. The second-order valence-corrected chi connectivity index (χ2v) is 5.19. The molecule has 1 aromatic carbocycles. The first-order chi connectivity index (χ1) is 10.7. The van der Waals surface area contributed by atoms with E-state index in [9.17, 15) is 10.1 Å². The molecule has 6 nitrogen and oxygen atoms in total. The molecule has 0 unspecified atom stereocenters. The molecule has 3 aromatic rings. The summed E-state index contributed by atoms with van der Waals surface area (Å²) in [6, 6.07) is 9.34. The third-order valence-corrected chi connectivity index (χ3v) is 3.72. The zero-order chi connectivity index (χ0) is 15.5. The lowest BCUT2D eigenvalue weighted by molar-refractivity contribution is 0.937. The van der Waals surface area contributed by atoms with E-state index < -0.39 is 5.56 Å². The van der Waals surface area contributed by atoms with Gasteiger partial charge in [-0.1, -0.05) is 36.0 Å². The molecule has 0 atom stereocenters. The normalized spacial score (nSPS) is 10.4. The van der Waals surface area contributed by atoms with Crippen molar-refractivity contribution < 1.29 is 0 Å². The highest BCUT2D eigenvalue weighted by atomic mass is 32.2. The van der Waals surface area contributed by atoms with Gasteiger partial charge in [-0.3, -0.25) is 4.79 Å². The number of aromatic amines is 2. The Morgan fingerprint density at radius 1 is 1.27 bits per heavy atom. The summed E-state index contributed by atoms with van der Waals surface area (Å²) in [5.41, 5.74) is 1.40. The van der Waals surface area contributed by atoms with E-state index >= 15 is 0 Å². The standard InChI is InChI=1S/C15H11N5OS/c1-22-15-19-12(11(8-16)14(21)20-15)9-4-2-3-5-10(9)13-17-6-7-18-13/h2-7H,1H3,(H,17,18)(H,19,20,21). The third-order valence-electron chi connectivity index (χ3n) is 3.14. The van der Waals surface area contributed by atoms with Gasteiger partial charge in [0.05, 0.1) is 5.69 Å². The van der Waals surface area contributed by atoms with Crippen molar-refractivity contribution in [1.82, 2.24) is 19.9 Å². The van der Waals surface area contributed by atoms with Crippen LogP contribution in [-0.2, 0) is 0 Å². The molecule has 0 saturated carbocycles. The fourth-order valence-corrected chi connectivity index (χ4v) is 2.53. The van der Waals surface area contributed by atoms with Crippen molar-refractivity contribution >= 4 is 11.8 Å². The molecule has 108 valence electrons. The van der Waals surface area contributed by atoms with Crippen LogP contribution in [0.1, 0.15) is 5.56 Å². The van der Waals surface area contributed by atoms with E-state index in [2.05, 4.69) is 19.9 Å². The Morgan fingerprint density at radius 2 is 2.05 bits per heavy atom. The zero-order valence-electron chi connectivity index (χ0n) is 11.6. The van der Waals surface area contributed by atoms with Gasteiger partial charge in [0.25, 0.3) is 5.56 Å². The molecule has 2 heterocycles. The number of hydrogen-bond donors (Lipinski definition) is 2. The maximum atomic E-state index is 12.1. The van der Waals surface area contributed by atoms with Gasteiger partial charge in [0.15, 0.2) is 5.16 Å². The van der Waals surface area contributed by atoms with E-state index in [-0.39, 0.29) is 5.56 Å². The summed E-state index contributed by atoms with van der Waals surface area (Å²) >= 11 is 1.31. The molecule has 0 amide bonds. The number of thioether (sulfide) groups is 1. The molecule has 0 saturated heterocycles. The van der Waals surface area contributed by atoms with Gasteiger partial charge in [0, 0.05) is 23.5 Å². The number of H-pyrrole nitrogens is 2. The van der Waals surface area contributed by atoms with Crippen LogP contribution < -0.4 is 5.56 Å². The molecule has 0 radical (unpaired) electrons. The second-order valence-electron chi connectivity index (χ2n) is 4.39. The van der Waals surface area contributed by atoms with Crippen LogP contribution in [0, 0.1) is 11.3 Å². The van der Waals surface area contributed by atoms with Crippen LogP contribution in [0.3, 0.4) is 0 Å². The van der Waals surface area contributed by atoms with Gasteiger partial charge >= 0.3 is 0 Å². The van der Waals surface area contributed by atoms with E-state index in [4.69, 9.17) is 0 Å². The Morgan fingerprint density at radius 3 is 2.68 bits per heavy atom. The topological polar surface area (TPSA) is 98.2 Å². The van der Waals surface area contributed by atoms with E-state index in [1.807, 2.05) is 36.6 Å². The highest BCUT2D eigenvalue weighted by Gasteiger charge is 2.17. The van der Waals surface area contributed by atoms with E-state index in [1.165, 1.54) is 11.8 Å². The van der Waals surface area contributed by atoms with Crippen molar-refractivity contribution in [3.63, 3.8) is 0 Å². The third kappa shape index (κ3) is 2.40. The van der Waals surface area contributed by atoms with Crippen molar-refractivity contribution in [2.24, 2.45) is 0 Å². The number of nitrogens with one attached hydrogen (secondary N) is 2. The molecule has 0 aliphatic rings. The van der Waals surface area contributed by atoms with Crippen LogP contribution in [0.15, 0.2) is 46.6 Å². The number of hydrogen-bond acceptors (Lipinski definition) is 5. The minimum atomic E-state index is -0.439. The smallest absolute Gasteiger partial charge is 0.270 e. The van der Waals surface area contributed by atoms with Gasteiger partial charge in [-0.15, -0.1) is 0 Å². The molecule has 0 aliphatic heterocycles. The fraction of sp³-hybridized carbons (Fsp3) is 0.0667. The molecule has 0 spiro atoms. The summed E-state index contributed by atoms with van der Waals surface area (Å²) in [6.07, 6.45) is 5.18. The number of nitriles is 1. The van der Waals surface area contributed by atoms with Gasteiger partial charge in [-0.25, -0.2) is 9.97 Å². The lowest BCUT2D eigenvalue weighted by Gasteiger charge is -2.09. The lowest BCUT2D eigenvalue weighted by Crippen LogP contribution is -2.14. The van der Waals surface area contributed by atoms with Crippen molar-refractivity contribution in [1.29, 1.82) is 5.26 Å². The van der Waals surface area contributed by atoms with Gasteiger partial charge in [-0.2, -0.15) is 5.26 Å². The minimum absolute atomic E-state index is 0.00296. The molecule has 0 bridgehead atoms. The summed E-state index contributed by atoms with van der Waals surface area (Å²) in [6.45, 7) is 0. The molecule has 2 aromatic heterocycles. The Bertz CT molecular complexity index is 908. The molecule has 22 heavy (non-hydrogen) atoms. The second kappa shape index (κ2) is 5.87. The number of rotatable bonds is 3. The van der Waals surface area contributed by atoms with Crippen LogP contribution >= 0.6 is 11.8 Å². The first-order valence-electron chi connectivity index (χ1n) is 6.42. The van der Waals surface area contributed by atoms with E-state index in [1.54, 1.807) is 12.4 Å². The highest BCUT2D eigenvalue weighted by Crippen LogP contribution is 2.30. The molecule has 0 aliphatic carbocycles. The molecule has 3 rings (SSSR count). The SMILES string of the molecule is CSc1nc(-c2ccccc2-c2ncc[nH]2)c(C#N)c(=O)[nH]1.